The Balaban J connectivity index is 2.26. The third-order valence-electron chi connectivity index (χ3n) is 3.60. The molecule has 0 radical (unpaired) electrons. The maximum Gasteiger partial charge on any atom is 0.0440 e. The Morgan fingerprint density at radius 1 is 0.750 bits per heavy atom. The summed E-state index contributed by atoms with van der Waals surface area (Å²) >= 11 is 0. The number of hydrogen-bond donors (Lipinski definition) is 2. The van der Waals surface area contributed by atoms with Gasteiger partial charge in [0.1, 0.15) is 0 Å². The summed E-state index contributed by atoms with van der Waals surface area (Å²) in [6.45, 7) is 6.53. The molecule has 0 unspecified atom stereocenters. The molecule has 0 fully saturated rings. The van der Waals surface area contributed by atoms with Crippen LogP contribution in [0, 0.1) is 0 Å². The fraction of sp³-hybridized carbons (Fsp3) is 0.444. The third kappa shape index (κ3) is 3.66. The molecule has 0 aromatic heterocycles. The Morgan fingerprint density at radius 2 is 1.25 bits per heavy atom. The van der Waals surface area contributed by atoms with E-state index in [2.05, 4.69) is 60.9 Å². The molecule has 2 N–H and O–H groups in total. The lowest BCUT2D eigenvalue weighted by molar-refractivity contribution is 0.833. The van der Waals surface area contributed by atoms with Crippen LogP contribution in [0.15, 0.2) is 36.4 Å². The minimum absolute atomic E-state index is 1.04. The normalized spacial score (nSPS) is 10.7. The van der Waals surface area contributed by atoms with Crippen molar-refractivity contribution in [1.29, 1.82) is 0 Å². The predicted molar refractivity (Wildman–Crippen MR) is 90.7 cm³/mol. The van der Waals surface area contributed by atoms with Gasteiger partial charge >= 0.3 is 0 Å². The summed E-state index contributed by atoms with van der Waals surface area (Å²) in [5.74, 6) is 0. The molecule has 0 spiro atoms. The number of fused-ring (bicyclic) bond motifs is 1. The zero-order valence-corrected chi connectivity index (χ0v) is 12.7. The second-order valence-electron chi connectivity index (χ2n) is 5.27. The number of unbranched alkanes of at least 4 members (excludes halogenated alkanes) is 2. The minimum Gasteiger partial charge on any atom is -0.384 e. The zero-order chi connectivity index (χ0) is 14.2. The second kappa shape index (κ2) is 7.78. The monoisotopic (exact) mass is 270 g/mol. The van der Waals surface area contributed by atoms with Crippen LogP contribution in [-0.4, -0.2) is 13.1 Å². The van der Waals surface area contributed by atoms with Crippen LogP contribution in [0.25, 0.3) is 10.8 Å². The van der Waals surface area contributed by atoms with Crippen LogP contribution in [0.5, 0.6) is 0 Å². The molecule has 2 rings (SSSR count). The average molecular weight is 270 g/mol. The van der Waals surface area contributed by atoms with Crippen LogP contribution in [0.4, 0.5) is 11.4 Å². The first-order valence-electron chi connectivity index (χ1n) is 7.86. The highest BCUT2D eigenvalue weighted by atomic mass is 14.9. The van der Waals surface area contributed by atoms with Crippen molar-refractivity contribution in [2.45, 2.75) is 39.5 Å². The van der Waals surface area contributed by atoms with E-state index >= 15 is 0 Å². The minimum atomic E-state index is 1.04. The molecule has 20 heavy (non-hydrogen) atoms. The van der Waals surface area contributed by atoms with E-state index in [-0.39, 0.29) is 0 Å². The molecule has 0 aliphatic rings. The maximum absolute atomic E-state index is 3.58. The van der Waals surface area contributed by atoms with Crippen LogP contribution in [0.1, 0.15) is 39.5 Å². The first-order valence-corrected chi connectivity index (χ1v) is 7.86. The molecule has 2 aromatic carbocycles. The fourth-order valence-corrected chi connectivity index (χ4v) is 2.44. The van der Waals surface area contributed by atoms with Crippen LogP contribution < -0.4 is 10.6 Å². The Kier molecular flexibility index (Phi) is 5.72. The molecule has 0 aliphatic carbocycles. The molecular formula is C18H26N2. The largest absolute Gasteiger partial charge is 0.384 e. The summed E-state index contributed by atoms with van der Waals surface area (Å²) in [7, 11) is 0. The standard InChI is InChI=1S/C18H26N2/c1-3-5-13-19-16-11-7-9-15-10-8-12-17(18(15)16)20-14-6-4-2/h7-12,19-20H,3-6,13-14H2,1-2H3. The Bertz CT molecular complexity index is 489. The van der Waals surface area contributed by atoms with E-state index < -0.39 is 0 Å². The van der Waals surface area contributed by atoms with E-state index in [1.807, 2.05) is 0 Å². The Hall–Kier alpha value is -1.70. The number of benzene rings is 2. The van der Waals surface area contributed by atoms with Gasteiger partial charge < -0.3 is 10.6 Å². The molecule has 0 aliphatic heterocycles. The summed E-state index contributed by atoms with van der Waals surface area (Å²) < 4.78 is 0. The SMILES string of the molecule is CCCCNc1cccc2cccc(NCCCC)c12. The van der Waals surface area contributed by atoms with Crippen molar-refractivity contribution < 1.29 is 0 Å². The predicted octanol–water partition coefficient (Wildman–Crippen LogP) is 5.26. The van der Waals surface area contributed by atoms with Crippen molar-refractivity contribution in [3.05, 3.63) is 36.4 Å². The second-order valence-corrected chi connectivity index (χ2v) is 5.27. The molecule has 0 atom stereocenters. The van der Waals surface area contributed by atoms with Gasteiger partial charge in [-0.1, -0.05) is 51.0 Å². The first-order chi connectivity index (χ1) is 9.86. The van der Waals surface area contributed by atoms with Crippen LogP contribution in [0.2, 0.25) is 0 Å². The molecular weight excluding hydrogens is 244 g/mol. The first kappa shape index (κ1) is 14.7. The zero-order valence-electron chi connectivity index (χ0n) is 12.7. The van der Waals surface area contributed by atoms with Crippen molar-refractivity contribution in [2.24, 2.45) is 0 Å². The van der Waals surface area contributed by atoms with E-state index in [9.17, 15) is 0 Å². The lowest BCUT2D eigenvalue weighted by atomic mass is 10.1. The molecule has 0 saturated carbocycles. The molecule has 2 nitrogen and oxygen atoms in total. The smallest absolute Gasteiger partial charge is 0.0440 e. The summed E-state index contributed by atoms with van der Waals surface area (Å²) in [6, 6.07) is 13.0. The number of rotatable bonds is 8. The van der Waals surface area contributed by atoms with Crippen molar-refractivity contribution in [3.8, 4) is 0 Å². The molecule has 0 amide bonds. The van der Waals surface area contributed by atoms with E-state index in [1.165, 1.54) is 47.8 Å². The topological polar surface area (TPSA) is 24.1 Å². The lowest BCUT2D eigenvalue weighted by Gasteiger charge is -2.14. The maximum atomic E-state index is 3.58. The van der Waals surface area contributed by atoms with Gasteiger partial charge in [0.25, 0.3) is 0 Å². The van der Waals surface area contributed by atoms with Gasteiger partial charge in [-0.3, -0.25) is 0 Å². The van der Waals surface area contributed by atoms with Gasteiger partial charge in [0.2, 0.25) is 0 Å². The summed E-state index contributed by atoms with van der Waals surface area (Å²) in [6.07, 6.45) is 4.86. The van der Waals surface area contributed by atoms with Crippen molar-refractivity contribution in [1.82, 2.24) is 0 Å². The van der Waals surface area contributed by atoms with Crippen molar-refractivity contribution >= 4 is 22.1 Å². The number of anilines is 2. The van der Waals surface area contributed by atoms with Crippen LogP contribution in [-0.2, 0) is 0 Å². The molecule has 0 saturated heterocycles. The highest BCUT2D eigenvalue weighted by Crippen LogP contribution is 2.30. The quantitative estimate of drug-likeness (QED) is 0.639. The highest BCUT2D eigenvalue weighted by Gasteiger charge is 2.05. The summed E-state index contributed by atoms with van der Waals surface area (Å²) in [5.41, 5.74) is 2.49. The van der Waals surface area contributed by atoms with E-state index in [0.29, 0.717) is 0 Å². The van der Waals surface area contributed by atoms with Crippen LogP contribution >= 0.6 is 0 Å². The van der Waals surface area contributed by atoms with Gasteiger partial charge in [0.15, 0.2) is 0 Å². The lowest BCUT2D eigenvalue weighted by Crippen LogP contribution is -2.05. The van der Waals surface area contributed by atoms with Crippen LogP contribution in [0.3, 0.4) is 0 Å². The molecule has 0 bridgehead atoms. The van der Waals surface area contributed by atoms with E-state index in [1.54, 1.807) is 0 Å². The van der Waals surface area contributed by atoms with E-state index in [4.69, 9.17) is 0 Å². The average Bonchev–Trinajstić information content (AvgIpc) is 2.48. The highest BCUT2D eigenvalue weighted by molar-refractivity contribution is 6.03. The molecule has 0 heterocycles. The van der Waals surface area contributed by atoms with Gasteiger partial charge in [-0.25, -0.2) is 0 Å². The molecule has 2 aromatic rings. The van der Waals surface area contributed by atoms with Gasteiger partial charge in [-0.05, 0) is 30.4 Å². The summed E-state index contributed by atoms with van der Waals surface area (Å²) in [5, 5.41) is 9.78. The van der Waals surface area contributed by atoms with Crippen molar-refractivity contribution in [2.75, 3.05) is 23.7 Å². The molecule has 108 valence electrons. The van der Waals surface area contributed by atoms with E-state index in [0.717, 1.165) is 13.1 Å². The van der Waals surface area contributed by atoms with Gasteiger partial charge in [0.05, 0.1) is 0 Å². The molecule has 2 heteroatoms. The number of nitrogens with one attached hydrogen (secondary N) is 2. The van der Waals surface area contributed by atoms with Gasteiger partial charge in [-0.2, -0.15) is 0 Å². The fourth-order valence-electron chi connectivity index (χ4n) is 2.44. The van der Waals surface area contributed by atoms with Crippen molar-refractivity contribution in [3.63, 3.8) is 0 Å². The summed E-state index contributed by atoms with van der Waals surface area (Å²) in [4.78, 5) is 0. The number of hydrogen-bond acceptors (Lipinski definition) is 2. The van der Waals surface area contributed by atoms with Gasteiger partial charge in [0, 0.05) is 29.9 Å². The van der Waals surface area contributed by atoms with Gasteiger partial charge in [-0.15, -0.1) is 0 Å². The Morgan fingerprint density at radius 3 is 1.70 bits per heavy atom. The Labute approximate surface area is 122 Å². The third-order valence-corrected chi connectivity index (χ3v) is 3.60.